The molecule has 0 saturated heterocycles. The third-order valence-corrected chi connectivity index (χ3v) is 6.47. The molecule has 180 valence electrons. The van der Waals surface area contributed by atoms with Gasteiger partial charge in [-0.1, -0.05) is 45.2 Å². The van der Waals surface area contributed by atoms with Gasteiger partial charge in [-0.05, 0) is 66.3 Å². The molecule has 6 nitrogen and oxygen atoms in total. The maximum absolute atomic E-state index is 13.4. The number of hydrogen-bond acceptors (Lipinski definition) is 4. The van der Waals surface area contributed by atoms with Crippen LogP contribution in [0, 0.1) is 16.7 Å². The summed E-state index contributed by atoms with van der Waals surface area (Å²) in [6.45, 7) is 6.50. The van der Waals surface area contributed by atoms with Crippen molar-refractivity contribution < 1.29 is 9.59 Å². The first-order chi connectivity index (χ1) is 16.1. The third-order valence-electron chi connectivity index (χ3n) is 6.10. The molecule has 0 aliphatic heterocycles. The zero-order chi connectivity index (χ0) is 24.9. The number of nitriles is 1. The quantitative estimate of drug-likeness (QED) is 0.570. The van der Waals surface area contributed by atoms with E-state index in [1.807, 2.05) is 17.0 Å². The van der Waals surface area contributed by atoms with Gasteiger partial charge >= 0.3 is 0 Å². The Kier molecular flexibility index (Phi) is 8.35. The molecular weight excluding hydrogens is 448 g/mol. The Bertz CT molecular complexity index is 1070. The SMILES string of the molecule is CC(C)(C)CC(=O)N(Cc1cc(NC(=O)c2ccc(C#N)cc2)ccc1Cl)C1CCCCC1N. The fraction of sp³-hybridized carbons (Fsp3) is 0.444. The summed E-state index contributed by atoms with van der Waals surface area (Å²) in [6, 6.07) is 13.7. The predicted octanol–water partition coefficient (Wildman–Crippen LogP) is 5.50. The molecule has 1 aliphatic carbocycles. The van der Waals surface area contributed by atoms with Crippen LogP contribution in [0.3, 0.4) is 0 Å². The Labute approximate surface area is 207 Å². The summed E-state index contributed by atoms with van der Waals surface area (Å²) in [6.07, 6.45) is 4.33. The minimum Gasteiger partial charge on any atom is -0.334 e. The summed E-state index contributed by atoms with van der Waals surface area (Å²) < 4.78 is 0. The molecule has 1 saturated carbocycles. The average Bonchev–Trinajstić information content (AvgIpc) is 2.79. The number of halogens is 1. The molecule has 2 amide bonds. The maximum Gasteiger partial charge on any atom is 0.255 e. The molecule has 3 rings (SSSR count). The Hall–Kier alpha value is -2.88. The molecule has 0 heterocycles. The predicted molar refractivity (Wildman–Crippen MR) is 135 cm³/mol. The first kappa shape index (κ1) is 25.7. The highest BCUT2D eigenvalue weighted by Crippen LogP contribution is 2.30. The van der Waals surface area contributed by atoms with Crippen LogP contribution in [0.1, 0.15) is 74.4 Å². The van der Waals surface area contributed by atoms with Crippen LogP contribution in [0.4, 0.5) is 5.69 Å². The van der Waals surface area contributed by atoms with E-state index in [0.717, 1.165) is 31.2 Å². The number of nitrogens with two attached hydrogens (primary N) is 1. The largest absolute Gasteiger partial charge is 0.334 e. The molecule has 34 heavy (non-hydrogen) atoms. The number of anilines is 1. The molecule has 0 bridgehead atoms. The lowest BCUT2D eigenvalue weighted by Crippen LogP contribution is -2.52. The van der Waals surface area contributed by atoms with E-state index < -0.39 is 0 Å². The molecule has 3 N–H and O–H groups in total. The monoisotopic (exact) mass is 480 g/mol. The highest BCUT2D eigenvalue weighted by atomic mass is 35.5. The van der Waals surface area contributed by atoms with Crippen molar-refractivity contribution in [3.63, 3.8) is 0 Å². The molecule has 2 unspecified atom stereocenters. The molecule has 1 aliphatic rings. The molecule has 2 aromatic rings. The van der Waals surface area contributed by atoms with Gasteiger partial charge in [0.1, 0.15) is 0 Å². The second-order valence-corrected chi connectivity index (χ2v) is 10.6. The topological polar surface area (TPSA) is 99.2 Å². The van der Waals surface area contributed by atoms with Gasteiger partial charge in [-0.3, -0.25) is 9.59 Å². The molecule has 2 atom stereocenters. The minimum absolute atomic E-state index is 0.0310. The second kappa shape index (κ2) is 11.0. The average molecular weight is 481 g/mol. The van der Waals surface area contributed by atoms with Gasteiger partial charge in [0, 0.05) is 41.3 Å². The number of nitrogens with zero attached hydrogens (tertiary/aromatic N) is 2. The van der Waals surface area contributed by atoms with Gasteiger partial charge in [-0.2, -0.15) is 5.26 Å². The van der Waals surface area contributed by atoms with Crippen molar-refractivity contribution in [2.24, 2.45) is 11.1 Å². The van der Waals surface area contributed by atoms with Crippen LogP contribution in [0.25, 0.3) is 0 Å². The number of hydrogen-bond donors (Lipinski definition) is 2. The van der Waals surface area contributed by atoms with Crippen molar-refractivity contribution >= 4 is 29.1 Å². The number of rotatable bonds is 6. The first-order valence-corrected chi connectivity index (χ1v) is 12.1. The van der Waals surface area contributed by atoms with Crippen LogP contribution < -0.4 is 11.1 Å². The lowest BCUT2D eigenvalue weighted by atomic mass is 9.87. The van der Waals surface area contributed by atoms with Crippen LogP contribution in [-0.2, 0) is 11.3 Å². The van der Waals surface area contributed by atoms with E-state index in [9.17, 15) is 9.59 Å². The van der Waals surface area contributed by atoms with Gasteiger partial charge in [0.25, 0.3) is 5.91 Å². The second-order valence-electron chi connectivity index (χ2n) is 10.2. The normalized spacial score (nSPS) is 18.1. The Morgan fingerprint density at radius 3 is 2.44 bits per heavy atom. The molecular formula is C27H33ClN4O2. The van der Waals surface area contributed by atoms with Gasteiger partial charge < -0.3 is 16.0 Å². The summed E-state index contributed by atoms with van der Waals surface area (Å²) in [5.74, 6) is -0.217. The number of carbonyl (C=O) groups excluding carboxylic acids is 2. The van der Waals surface area contributed by atoms with Crippen molar-refractivity contribution in [1.29, 1.82) is 5.26 Å². The minimum atomic E-state index is -0.285. The van der Waals surface area contributed by atoms with Crippen LogP contribution in [0.15, 0.2) is 42.5 Å². The maximum atomic E-state index is 13.4. The Morgan fingerprint density at radius 2 is 1.82 bits per heavy atom. The smallest absolute Gasteiger partial charge is 0.255 e. The van der Waals surface area contributed by atoms with E-state index in [2.05, 4.69) is 26.1 Å². The number of benzene rings is 2. The van der Waals surface area contributed by atoms with Crippen molar-refractivity contribution in [3.05, 3.63) is 64.2 Å². The van der Waals surface area contributed by atoms with Crippen molar-refractivity contribution in [1.82, 2.24) is 4.90 Å². The zero-order valence-electron chi connectivity index (χ0n) is 20.1. The summed E-state index contributed by atoms with van der Waals surface area (Å²) in [7, 11) is 0. The lowest BCUT2D eigenvalue weighted by molar-refractivity contribution is -0.137. The Balaban J connectivity index is 1.83. The Morgan fingerprint density at radius 1 is 1.15 bits per heavy atom. The fourth-order valence-electron chi connectivity index (χ4n) is 4.33. The van der Waals surface area contributed by atoms with Crippen molar-refractivity contribution in [2.75, 3.05) is 5.32 Å². The van der Waals surface area contributed by atoms with Gasteiger partial charge in [0.05, 0.1) is 11.6 Å². The van der Waals surface area contributed by atoms with Crippen LogP contribution in [0.5, 0.6) is 0 Å². The van der Waals surface area contributed by atoms with E-state index in [1.165, 1.54) is 0 Å². The number of carbonyl (C=O) groups is 2. The van der Waals surface area contributed by atoms with E-state index in [1.54, 1.807) is 36.4 Å². The van der Waals surface area contributed by atoms with E-state index in [0.29, 0.717) is 34.8 Å². The summed E-state index contributed by atoms with van der Waals surface area (Å²) in [5, 5.41) is 12.4. The van der Waals surface area contributed by atoms with Crippen LogP contribution >= 0.6 is 11.6 Å². The van der Waals surface area contributed by atoms with E-state index in [4.69, 9.17) is 22.6 Å². The molecule has 1 fully saturated rings. The van der Waals surface area contributed by atoms with Crippen LogP contribution in [0.2, 0.25) is 5.02 Å². The zero-order valence-corrected chi connectivity index (χ0v) is 20.9. The van der Waals surface area contributed by atoms with Gasteiger partial charge in [-0.15, -0.1) is 0 Å². The van der Waals surface area contributed by atoms with E-state index in [-0.39, 0.29) is 29.3 Å². The van der Waals surface area contributed by atoms with Gasteiger partial charge in [-0.25, -0.2) is 0 Å². The standard InChI is InChI=1S/C27H33ClN4O2/c1-27(2,3)15-25(33)32(24-7-5-4-6-23(24)30)17-20-14-21(12-13-22(20)28)31-26(34)19-10-8-18(16-29)9-11-19/h8-14,23-24H,4-7,15,17,30H2,1-3H3,(H,31,34). The lowest BCUT2D eigenvalue weighted by Gasteiger charge is -2.39. The number of nitrogens with one attached hydrogen (secondary N) is 1. The third kappa shape index (κ3) is 6.82. The molecule has 0 aromatic heterocycles. The van der Waals surface area contributed by atoms with E-state index >= 15 is 0 Å². The molecule has 0 radical (unpaired) electrons. The summed E-state index contributed by atoms with van der Waals surface area (Å²) >= 11 is 6.53. The van der Waals surface area contributed by atoms with Crippen molar-refractivity contribution in [3.8, 4) is 6.07 Å². The fourth-order valence-corrected chi connectivity index (χ4v) is 4.51. The highest BCUT2D eigenvalue weighted by Gasteiger charge is 2.33. The van der Waals surface area contributed by atoms with Crippen molar-refractivity contribution in [2.45, 2.75) is 71.5 Å². The van der Waals surface area contributed by atoms with Gasteiger partial charge in [0.2, 0.25) is 5.91 Å². The molecule has 7 heteroatoms. The van der Waals surface area contributed by atoms with Crippen LogP contribution in [-0.4, -0.2) is 28.8 Å². The first-order valence-electron chi connectivity index (χ1n) is 11.7. The highest BCUT2D eigenvalue weighted by molar-refractivity contribution is 6.31. The molecule has 2 aromatic carbocycles. The summed E-state index contributed by atoms with van der Waals surface area (Å²) in [5.41, 5.74) is 8.60. The summed E-state index contributed by atoms with van der Waals surface area (Å²) in [4.78, 5) is 27.9. The molecule has 0 spiro atoms. The number of amides is 2. The van der Waals surface area contributed by atoms with Gasteiger partial charge in [0.15, 0.2) is 0 Å².